The summed E-state index contributed by atoms with van der Waals surface area (Å²) in [6, 6.07) is 15.5. The Hall–Kier alpha value is -4.69. The van der Waals surface area contributed by atoms with Crippen LogP contribution >= 0.6 is 11.8 Å². The molecule has 0 saturated carbocycles. The normalized spacial score (nSPS) is 15.1. The number of nitrogens with one attached hydrogen (secondary N) is 1. The van der Waals surface area contributed by atoms with E-state index >= 15 is 0 Å². The first-order chi connectivity index (χ1) is 20.9. The molecular formula is C30H27F3N6O4S. The predicted octanol–water partition coefficient (Wildman–Crippen LogP) is 6.83. The van der Waals surface area contributed by atoms with Gasteiger partial charge in [-0.15, -0.1) is 18.3 Å². The van der Waals surface area contributed by atoms with E-state index in [9.17, 15) is 22.8 Å². The molecule has 1 aromatic heterocycles. The number of anilines is 2. The van der Waals surface area contributed by atoms with Gasteiger partial charge in [-0.3, -0.25) is 9.69 Å². The van der Waals surface area contributed by atoms with Crippen molar-refractivity contribution < 1.29 is 32.2 Å². The van der Waals surface area contributed by atoms with E-state index in [1.54, 1.807) is 32.2 Å². The number of benzene rings is 3. The molecule has 1 fully saturated rings. The molecule has 1 N–H and O–H groups in total. The van der Waals surface area contributed by atoms with Crippen molar-refractivity contribution >= 4 is 40.2 Å². The van der Waals surface area contributed by atoms with Gasteiger partial charge in [0.05, 0.1) is 23.2 Å². The number of rotatable bonds is 7. The number of methoxy groups -OCH3 is 1. The molecule has 4 aromatic rings. The van der Waals surface area contributed by atoms with E-state index in [0.717, 1.165) is 11.1 Å². The van der Waals surface area contributed by atoms with Crippen LogP contribution < -0.4 is 15.0 Å². The minimum Gasteiger partial charge on any atom is -0.406 e. The summed E-state index contributed by atoms with van der Waals surface area (Å²) in [5.41, 5.74) is 4.74. The maximum absolute atomic E-state index is 13.0. The number of carbonyl (C=O) groups is 2. The number of urea groups is 1. The second-order valence-corrected chi connectivity index (χ2v) is 10.8. The number of aromatic nitrogens is 3. The van der Waals surface area contributed by atoms with Crippen LogP contribution in [0.5, 0.6) is 5.75 Å². The number of aliphatic imine (C=N–C) groups is 1. The molecule has 1 aliphatic heterocycles. The average Bonchev–Trinajstić information content (AvgIpc) is 3.60. The van der Waals surface area contributed by atoms with Crippen LogP contribution in [0.4, 0.5) is 29.3 Å². The summed E-state index contributed by atoms with van der Waals surface area (Å²) < 4.78 is 48.1. The topological polar surface area (TPSA) is 111 Å². The zero-order chi connectivity index (χ0) is 31.6. The lowest BCUT2D eigenvalue weighted by atomic mass is 10.0. The van der Waals surface area contributed by atoms with Gasteiger partial charge in [-0.25, -0.2) is 14.5 Å². The van der Waals surface area contributed by atoms with Crippen LogP contribution in [0.2, 0.25) is 0 Å². The largest absolute Gasteiger partial charge is 0.573 e. The molecule has 3 aromatic carbocycles. The summed E-state index contributed by atoms with van der Waals surface area (Å²) in [5, 5.41) is 7.46. The third kappa shape index (κ3) is 6.92. The number of hydrogen-bond donors (Lipinski definition) is 1. The van der Waals surface area contributed by atoms with Gasteiger partial charge in [-0.1, -0.05) is 23.9 Å². The Morgan fingerprint density at radius 3 is 2.52 bits per heavy atom. The van der Waals surface area contributed by atoms with Gasteiger partial charge in [0, 0.05) is 23.9 Å². The molecule has 1 aliphatic rings. The number of carbonyl (C=O) groups excluding carboxylic acids is 2. The number of amidine groups is 1. The van der Waals surface area contributed by atoms with Crippen molar-refractivity contribution in [3.63, 3.8) is 0 Å². The van der Waals surface area contributed by atoms with Gasteiger partial charge in [0.1, 0.15) is 12.1 Å². The molecule has 14 heteroatoms. The fourth-order valence-electron chi connectivity index (χ4n) is 4.49. The zero-order valence-corrected chi connectivity index (χ0v) is 24.9. The van der Waals surface area contributed by atoms with Crippen molar-refractivity contribution in [1.82, 2.24) is 14.8 Å². The number of halogens is 3. The van der Waals surface area contributed by atoms with Gasteiger partial charge in [0.15, 0.2) is 11.0 Å². The maximum atomic E-state index is 13.0. The van der Waals surface area contributed by atoms with Crippen LogP contribution in [0.15, 0.2) is 72.0 Å². The standard InChI is InChI=1S/C30H27F3N6O4S/c1-17-5-11-23(19(3)42-4)25(13-17)39-26(40)15-44-29(39)36-28(41)35-24-12-6-20(14-18(24)2)27-34-16-38(37-27)21-7-9-22(10-8-21)43-30(31,32)33/h5-14,16,19H,15H2,1-4H3,(H,35,41)/b36-29-. The summed E-state index contributed by atoms with van der Waals surface area (Å²) in [6.45, 7) is 5.60. The van der Waals surface area contributed by atoms with E-state index in [-0.39, 0.29) is 28.7 Å². The quantitative estimate of drug-likeness (QED) is 0.240. The van der Waals surface area contributed by atoms with Gasteiger partial charge in [-0.2, -0.15) is 4.99 Å². The van der Waals surface area contributed by atoms with Gasteiger partial charge in [0.25, 0.3) is 0 Å². The molecule has 3 amide bonds. The molecule has 10 nitrogen and oxygen atoms in total. The van der Waals surface area contributed by atoms with E-state index < -0.39 is 12.4 Å². The van der Waals surface area contributed by atoms with E-state index in [1.807, 2.05) is 32.0 Å². The fraction of sp³-hybridized carbons (Fsp3) is 0.233. The first-order valence-electron chi connectivity index (χ1n) is 13.3. The summed E-state index contributed by atoms with van der Waals surface area (Å²) in [6.07, 6.45) is -3.61. The van der Waals surface area contributed by atoms with Gasteiger partial charge in [0.2, 0.25) is 5.91 Å². The molecule has 0 bridgehead atoms. The highest BCUT2D eigenvalue weighted by molar-refractivity contribution is 8.15. The molecule has 0 aliphatic carbocycles. The molecule has 1 unspecified atom stereocenters. The number of nitrogens with zero attached hydrogens (tertiary/aromatic N) is 5. The van der Waals surface area contributed by atoms with E-state index in [1.165, 1.54) is 51.9 Å². The van der Waals surface area contributed by atoms with Crippen molar-refractivity contribution in [2.75, 3.05) is 23.1 Å². The highest BCUT2D eigenvalue weighted by atomic mass is 32.2. The molecule has 228 valence electrons. The highest BCUT2D eigenvalue weighted by Gasteiger charge is 2.33. The van der Waals surface area contributed by atoms with Gasteiger partial charge in [-0.05, 0) is 80.4 Å². The lowest BCUT2D eigenvalue weighted by Crippen LogP contribution is -2.31. The Morgan fingerprint density at radius 1 is 1.09 bits per heavy atom. The molecule has 1 atom stereocenters. The van der Waals surface area contributed by atoms with Crippen molar-refractivity contribution in [1.29, 1.82) is 0 Å². The number of ether oxygens (including phenoxy) is 2. The zero-order valence-electron chi connectivity index (χ0n) is 24.0. The third-order valence-corrected chi connectivity index (χ3v) is 7.66. The van der Waals surface area contributed by atoms with E-state index in [4.69, 9.17) is 4.74 Å². The molecule has 44 heavy (non-hydrogen) atoms. The van der Waals surface area contributed by atoms with Crippen molar-refractivity contribution in [3.05, 3.63) is 83.7 Å². The highest BCUT2D eigenvalue weighted by Crippen LogP contribution is 2.35. The van der Waals surface area contributed by atoms with Crippen LogP contribution in [-0.2, 0) is 9.53 Å². The molecule has 1 saturated heterocycles. The smallest absolute Gasteiger partial charge is 0.406 e. The monoisotopic (exact) mass is 624 g/mol. The number of amides is 3. The molecule has 5 rings (SSSR count). The Morgan fingerprint density at radius 2 is 1.84 bits per heavy atom. The molecule has 2 heterocycles. The first-order valence-corrected chi connectivity index (χ1v) is 14.3. The van der Waals surface area contributed by atoms with Crippen molar-refractivity contribution in [2.24, 2.45) is 4.99 Å². The van der Waals surface area contributed by atoms with Crippen LogP contribution in [0, 0.1) is 13.8 Å². The summed E-state index contributed by atoms with van der Waals surface area (Å²) in [4.78, 5) is 35.8. The fourth-order valence-corrected chi connectivity index (χ4v) is 5.35. The molecular weight excluding hydrogens is 597 g/mol. The number of thioether (sulfide) groups is 1. The predicted molar refractivity (Wildman–Crippen MR) is 161 cm³/mol. The van der Waals surface area contributed by atoms with E-state index in [0.29, 0.717) is 34.0 Å². The molecule has 0 radical (unpaired) electrons. The lowest BCUT2D eigenvalue weighted by molar-refractivity contribution is -0.274. The van der Waals surface area contributed by atoms with E-state index in [2.05, 4.69) is 25.1 Å². The first kappa shape index (κ1) is 30.8. The summed E-state index contributed by atoms with van der Waals surface area (Å²) in [7, 11) is 1.59. The summed E-state index contributed by atoms with van der Waals surface area (Å²) in [5.74, 6) is -0.00142. The van der Waals surface area contributed by atoms with Crippen LogP contribution in [0.25, 0.3) is 17.1 Å². The summed E-state index contributed by atoms with van der Waals surface area (Å²) >= 11 is 1.18. The maximum Gasteiger partial charge on any atom is 0.573 e. The minimum atomic E-state index is -4.78. The Bertz CT molecular complexity index is 1740. The number of alkyl halides is 3. The van der Waals surface area contributed by atoms with Gasteiger partial charge >= 0.3 is 12.4 Å². The average molecular weight is 625 g/mol. The van der Waals surface area contributed by atoms with Crippen LogP contribution in [0.1, 0.15) is 29.7 Å². The minimum absolute atomic E-state index is 0.152. The number of aryl methyl sites for hydroxylation is 2. The lowest BCUT2D eigenvalue weighted by Gasteiger charge is -2.23. The van der Waals surface area contributed by atoms with Crippen LogP contribution in [0.3, 0.4) is 0 Å². The molecule has 0 spiro atoms. The Kier molecular flexibility index (Phi) is 8.74. The second kappa shape index (κ2) is 12.5. The van der Waals surface area contributed by atoms with Crippen LogP contribution in [-0.4, -0.2) is 51.1 Å². The van der Waals surface area contributed by atoms with Gasteiger partial charge < -0.3 is 14.8 Å². The SMILES string of the molecule is COC(C)c1ccc(C)cc1N1C(=O)CS/C1=N\C(=O)Nc1ccc(-c2ncn(-c3ccc(OC(F)(F)F)cc3)n2)cc1C. The Labute approximate surface area is 254 Å². The third-order valence-electron chi connectivity index (χ3n) is 6.73. The van der Waals surface area contributed by atoms with Crippen molar-refractivity contribution in [3.8, 4) is 22.8 Å². The Balaban J connectivity index is 1.31. The number of hydrogen-bond acceptors (Lipinski definition) is 7. The second-order valence-electron chi connectivity index (χ2n) is 9.87. The van der Waals surface area contributed by atoms with Crippen molar-refractivity contribution in [2.45, 2.75) is 33.2 Å².